The monoisotopic (exact) mass is 164 g/mol. The highest BCUT2D eigenvalue weighted by Gasteiger charge is 1.95. The summed E-state index contributed by atoms with van der Waals surface area (Å²) in [6.45, 7) is 3.51. The van der Waals surface area contributed by atoms with E-state index in [9.17, 15) is 0 Å². The van der Waals surface area contributed by atoms with Gasteiger partial charge >= 0.3 is 0 Å². The zero-order chi connectivity index (χ0) is 8.81. The molecule has 0 aliphatic carbocycles. The molecule has 0 fully saturated rings. The smallest absolute Gasteiger partial charge is 0.131 e. The highest BCUT2D eigenvalue weighted by molar-refractivity contribution is 5.24. The maximum absolute atomic E-state index is 3.86. The van der Waals surface area contributed by atoms with E-state index in [1.807, 2.05) is 14.0 Å². The molecule has 0 saturated heterocycles. The predicted octanol–water partition coefficient (Wildman–Crippen LogP) is -0.131. The largest absolute Gasteiger partial charge is 0.309 e. The highest BCUT2D eigenvalue weighted by atomic mass is 15.4. The van der Waals surface area contributed by atoms with Crippen molar-refractivity contribution in [1.82, 2.24) is 20.3 Å². The molecule has 0 amide bonds. The molecule has 1 N–H and O–H groups in total. The van der Waals surface area contributed by atoms with Crippen LogP contribution in [0.2, 0.25) is 0 Å². The summed E-state index contributed by atoms with van der Waals surface area (Å²) in [5, 5.41) is 10.6. The van der Waals surface area contributed by atoms with Crippen molar-refractivity contribution in [1.29, 1.82) is 0 Å². The molecular formula is C8H12N4. The van der Waals surface area contributed by atoms with Crippen molar-refractivity contribution in [2.24, 2.45) is 0 Å². The van der Waals surface area contributed by atoms with Gasteiger partial charge in [0.2, 0.25) is 0 Å². The number of rotatable bonds is 2. The van der Waals surface area contributed by atoms with Gasteiger partial charge in [0.1, 0.15) is 5.69 Å². The van der Waals surface area contributed by atoms with E-state index in [0.29, 0.717) is 6.54 Å². The number of aryl methyl sites for hydroxylation is 1. The summed E-state index contributed by atoms with van der Waals surface area (Å²) in [7, 11) is 1.87. The van der Waals surface area contributed by atoms with Crippen molar-refractivity contribution in [3.05, 3.63) is 11.9 Å². The first-order chi connectivity index (χ1) is 5.88. The van der Waals surface area contributed by atoms with Crippen LogP contribution in [0.3, 0.4) is 0 Å². The van der Waals surface area contributed by atoms with E-state index in [-0.39, 0.29) is 0 Å². The molecule has 0 unspecified atom stereocenters. The molecule has 4 heteroatoms. The number of hydrogen-bond donors (Lipinski definition) is 1. The molecule has 1 aromatic heterocycles. The average Bonchev–Trinajstić information content (AvgIpc) is 2.52. The van der Waals surface area contributed by atoms with E-state index >= 15 is 0 Å². The lowest BCUT2D eigenvalue weighted by Gasteiger charge is -1.93. The Bertz CT molecular complexity index is 291. The Kier molecular flexibility index (Phi) is 3.30. The first kappa shape index (κ1) is 8.75. The van der Waals surface area contributed by atoms with Crippen molar-refractivity contribution in [2.45, 2.75) is 13.5 Å². The molecular weight excluding hydrogens is 152 g/mol. The van der Waals surface area contributed by atoms with Crippen LogP contribution in [-0.4, -0.2) is 28.6 Å². The minimum absolute atomic E-state index is 0.689. The molecule has 0 spiro atoms. The van der Waals surface area contributed by atoms with Crippen LogP contribution in [0, 0.1) is 11.8 Å². The normalized spacial score (nSPS) is 9.17. The van der Waals surface area contributed by atoms with E-state index in [0.717, 1.165) is 12.2 Å². The Balaban J connectivity index is 2.69. The van der Waals surface area contributed by atoms with E-state index < -0.39 is 0 Å². The first-order valence-electron chi connectivity index (χ1n) is 3.90. The van der Waals surface area contributed by atoms with Gasteiger partial charge in [-0.15, -0.1) is 5.10 Å². The van der Waals surface area contributed by atoms with Crippen LogP contribution >= 0.6 is 0 Å². The van der Waals surface area contributed by atoms with Crippen LogP contribution in [-0.2, 0) is 6.54 Å². The molecule has 0 aromatic carbocycles. The molecule has 0 aliphatic heterocycles. The molecule has 12 heavy (non-hydrogen) atoms. The fourth-order valence-electron chi connectivity index (χ4n) is 0.811. The number of nitrogens with one attached hydrogen (secondary N) is 1. The van der Waals surface area contributed by atoms with Crippen LogP contribution in [0.25, 0.3) is 0 Å². The molecule has 0 saturated carbocycles. The summed E-state index contributed by atoms with van der Waals surface area (Å²) in [6.07, 6.45) is 1.67. The minimum Gasteiger partial charge on any atom is -0.309 e. The summed E-state index contributed by atoms with van der Waals surface area (Å²) in [5.74, 6) is 5.92. The quantitative estimate of drug-likeness (QED) is 0.619. The summed E-state index contributed by atoms with van der Waals surface area (Å²) in [6, 6.07) is 0. The van der Waals surface area contributed by atoms with Crippen molar-refractivity contribution >= 4 is 0 Å². The molecule has 0 radical (unpaired) electrons. The van der Waals surface area contributed by atoms with Crippen LogP contribution in [0.4, 0.5) is 0 Å². The highest BCUT2D eigenvalue weighted by Crippen LogP contribution is 1.91. The van der Waals surface area contributed by atoms with Gasteiger partial charge in [0.25, 0.3) is 0 Å². The van der Waals surface area contributed by atoms with E-state index in [4.69, 9.17) is 0 Å². The first-order valence-corrected chi connectivity index (χ1v) is 3.90. The predicted molar refractivity (Wildman–Crippen MR) is 46.5 cm³/mol. The molecule has 1 heterocycles. The Morgan fingerprint density at radius 3 is 3.17 bits per heavy atom. The Hall–Kier alpha value is -1.34. The van der Waals surface area contributed by atoms with Crippen LogP contribution in [0.1, 0.15) is 12.6 Å². The molecule has 0 aliphatic rings. The standard InChI is InChI=1S/C8H12N4/c1-3-12-8(7-10-11-12)5-4-6-9-2/h7,9H,3,6H2,1-2H3. The van der Waals surface area contributed by atoms with Gasteiger partial charge in [-0.3, -0.25) is 0 Å². The van der Waals surface area contributed by atoms with Gasteiger partial charge in [0, 0.05) is 6.54 Å². The average molecular weight is 164 g/mol. The van der Waals surface area contributed by atoms with E-state index in [2.05, 4.69) is 27.5 Å². The molecule has 0 bridgehead atoms. The molecule has 0 atom stereocenters. The molecule has 4 nitrogen and oxygen atoms in total. The zero-order valence-corrected chi connectivity index (χ0v) is 7.33. The summed E-state index contributed by atoms with van der Waals surface area (Å²) >= 11 is 0. The van der Waals surface area contributed by atoms with Crippen molar-refractivity contribution in [3.8, 4) is 11.8 Å². The fraction of sp³-hybridized carbons (Fsp3) is 0.500. The van der Waals surface area contributed by atoms with Gasteiger partial charge in [-0.1, -0.05) is 11.1 Å². The summed E-state index contributed by atoms with van der Waals surface area (Å²) in [4.78, 5) is 0. The lowest BCUT2D eigenvalue weighted by Crippen LogP contribution is -2.05. The third-order valence-electron chi connectivity index (χ3n) is 1.40. The van der Waals surface area contributed by atoms with Crippen LogP contribution in [0.5, 0.6) is 0 Å². The second kappa shape index (κ2) is 4.52. The number of hydrogen-bond acceptors (Lipinski definition) is 3. The maximum Gasteiger partial charge on any atom is 0.131 e. The minimum atomic E-state index is 0.689. The SMILES string of the molecule is CCn1nncc1C#CCNC. The molecule has 64 valence electrons. The Morgan fingerprint density at radius 2 is 2.50 bits per heavy atom. The Morgan fingerprint density at radius 1 is 1.67 bits per heavy atom. The third-order valence-corrected chi connectivity index (χ3v) is 1.40. The maximum atomic E-state index is 3.86. The Labute approximate surface area is 72.0 Å². The fourth-order valence-corrected chi connectivity index (χ4v) is 0.811. The van der Waals surface area contributed by atoms with Gasteiger partial charge in [0.05, 0.1) is 12.7 Å². The van der Waals surface area contributed by atoms with Gasteiger partial charge in [0.15, 0.2) is 0 Å². The topological polar surface area (TPSA) is 42.7 Å². The van der Waals surface area contributed by atoms with Crippen molar-refractivity contribution < 1.29 is 0 Å². The van der Waals surface area contributed by atoms with Crippen molar-refractivity contribution in [2.75, 3.05) is 13.6 Å². The van der Waals surface area contributed by atoms with Gasteiger partial charge in [-0.25, -0.2) is 4.68 Å². The molecule has 1 rings (SSSR count). The third kappa shape index (κ3) is 2.07. The number of aromatic nitrogens is 3. The second-order valence-corrected chi connectivity index (χ2v) is 2.27. The van der Waals surface area contributed by atoms with E-state index in [1.54, 1.807) is 10.9 Å². The van der Waals surface area contributed by atoms with E-state index in [1.165, 1.54) is 0 Å². The zero-order valence-electron chi connectivity index (χ0n) is 7.33. The lowest BCUT2D eigenvalue weighted by atomic mass is 10.4. The second-order valence-electron chi connectivity index (χ2n) is 2.27. The number of nitrogens with zero attached hydrogens (tertiary/aromatic N) is 3. The lowest BCUT2D eigenvalue weighted by molar-refractivity contribution is 0.621. The summed E-state index contributed by atoms with van der Waals surface area (Å²) < 4.78 is 1.77. The summed E-state index contributed by atoms with van der Waals surface area (Å²) in [5.41, 5.74) is 0.868. The van der Waals surface area contributed by atoms with Gasteiger partial charge in [-0.2, -0.15) is 0 Å². The van der Waals surface area contributed by atoms with Crippen LogP contribution in [0.15, 0.2) is 6.20 Å². The van der Waals surface area contributed by atoms with Crippen molar-refractivity contribution in [3.63, 3.8) is 0 Å². The van der Waals surface area contributed by atoms with Gasteiger partial charge < -0.3 is 5.32 Å². The molecule has 1 aromatic rings. The van der Waals surface area contributed by atoms with Crippen LogP contribution < -0.4 is 5.32 Å². The van der Waals surface area contributed by atoms with Gasteiger partial charge in [-0.05, 0) is 19.9 Å².